The zero-order valence-electron chi connectivity index (χ0n) is 7.78. The molecule has 0 unspecified atom stereocenters. The zero-order chi connectivity index (χ0) is 8.11. The van der Waals surface area contributed by atoms with E-state index in [2.05, 4.69) is 31.4 Å². The second kappa shape index (κ2) is 1.99. The Morgan fingerprint density at radius 1 is 1.27 bits per heavy atom. The minimum atomic E-state index is 0.579. The van der Waals surface area contributed by atoms with Gasteiger partial charge >= 0.3 is 0 Å². The summed E-state index contributed by atoms with van der Waals surface area (Å²) in [5.74, 6) is 0. The van der Waals surface area contributed by atoms with E-state index in [9.17, 15) is 0 Å². The van der Waals surface area contributed by atoms with Crippen molar-refractivity contribution in [1.82, 2.24) is 10.2 Å². The second-order valence-electron chi connectivity index (χ2n) is 4.80. The number of rotatable bonds is 3. The lowest BCUT2D eigenvalue weighted by atomic mass is 9.39. The molecule has 2 bridgehead atoms. The Labute approximate surface area is 69.0 Å². The van der Waals surface area contributed by atoms with Crippen molar-refractivity contribution in [3.63, 3.8) is 0 Å². The molecule has 0 amide bonds. The molecular formula is C9H18N2. The molecule has 0 saturated heterocycles. The van der Waals surface area contributed by atoms with Gasteiger partial charge in [0.1, 0.15) is 0 Å². The molecule has 3 fully saturated rings. The first kappa shape index (κ1) is 7.56. The second-order valence-corrected chi connectivity index (χ2v) is 4.80. The van der Waals surface area contributed by atoms with Crippen molar-refractivity contribution in [2.45, 2.75) is 24.8 Å². The molecule has 3 rings (SSSR count). The van der Waals surface area contributed by atoms with Crippen LogP contribution in [0.4, 0.5) is 0 Å². The Kier molecular flexibility index (Phi) is 1.37. The lowest BCUT2D eigenvalue weighted by Crippen LogP contribution is -2.75. The van der Waals surface area contributed by atoms with Gasteiger partial charge in [-0.25, -0.2) is 0 Å². The smallest absolute Gasteiger partial charge is 0.0195 e. The van der Waals surface area contributed by atoms with Gasteiger partial charge in [-0.05, 0) is 45.8 Å². The summed E-state index contributed by atoms with van der Waals surface area (Å²) in [4.78, 5) is 2.32. The Balaban J connectivity index is 1.85. The molecule has 2 heteroatoms. The molecule has 0 aromatic carbocycles. The molecular weight excluding hydrogens is 136 g/mol. The minimum Gasteiger partial charge on any atom is -0.314 e. The first-order chi connectivity index (χ1) is 5.10. The highest BCUT2D eigenvalue weighted by molar-refractivity contribution is 5.23. The van der Waals surface area contributed by atoms with Crippen molar-refractivity contribution in [3.05, 3.63) is 0 Å². The molecule has 0 aliphatic heterocycles. The lowest BCUT2D eigenvalue weighted by Gasteiger charge is -2.71. The van der Waals surface area contributed by atoms with E-state index in [1.807, 2.05) is 0 Å². The van der Waals surface area contributed by atoms with Gasteiger partial charge in [-0.1, -0.05) is 0 Å². The Morgan fingerprint density at radius 3 is 2.18 bits per heavy atom. The molecule has 3 aliphatic rings. The van der Waals surface area contributed by atoms with Crippen LogP contribution in [-0.2, 0) is 0 Å². The summed E-state index contributed by atoms with van der Waals surface area (Å²) in [6.07, 6.45) is 4.23. The summed E-state index contributed by atoms with van der Waals surface area (Å²) in [5.41, 5.74) is 1.29. The molecule has 1 N–H and O–H groups in total. The highest BCUT2D eigenvalue weighted by atomic mass is 15.1. The van der Waals surface area contributed by atoms with E-state index in [1.165, 1.54) is 25.8 Å². The maximum absolute atomic E-state index is 3.42. The Morgan fingerprint density at radius 2 is 1.82 bits per heavy atom. The van der Waals surface area contributed by atoms with Gasteiger partial charge in [-0.3, -0.25) is 0 Å². The van der Waals surface area contributed by atoms with E-state index < -0.39 is 0 Å². The summed E-state index contributed by atoms with van der Waals surface area (Å²) < 4.78 is 0. The van der Waals surface area contributed by atoms with Gasteiger partial charge in [0.25, 0.3) is 0 Å². The van der Waals surface area contributed by atoms with Crippen LogP contribution in [0.5, 0.6) is 0 Å². The highest BCUT2D eigenvalue weighted by Crippen LogP contribution is 2.66. The largest absolute Gasteiger partial charge is 0.314 e. The maximum Gasteiger partial charge on any atom is 0.0195 e. The number of hydrogen-bond donors (Lipinski definition) is 1. The number of nitrogens with zero attached hydrogens (tertiary/aromatic N) is 1. The predicted molar refractivity (Wildman–Crippen MR) is 46.6 cm³/mol. The topological polar surface area (TPSA) is 15.3 Å². The van der Waals surface area contributed by atoms with Crippen LogP contribution >= 0.6 is 0 Å². The third kappa shape index (κ3) is 0.926. The predicted octanol–water partition coefficient (Wildman–Crippen LogP) is 0.690. The van der Waals surface area contributed by atoms with Crippen molar-refractivity contribution in [2.75, 3.05) is 27.7 Å². The average molecular weight is 154 g/mol. The Hall–Kier alpha value is -0.0800. The molecule has 0 radical (unpaired) electrons. The normalized spacial score (nSPS) is 46.9. The van der Waals surface area contributed by atoms with Crippen molar-refractivity contribution in [2.24, 2.45) is 5.41 Å². The van der Waals surface area contributed by atoms with E-state index in [1.54, 1.807) is 0 Å². The molecule has 0 aromatic rings. The van der Waals surface area contributed by atoms with Crippen LogP contribution in [0, 0.1) is 5.41 Å². The molecule has 3 aliphatic carbocycles. The van der Waals surface area contributed by atoms with Crippen LogP contribution in [0.3, 0.4) is 0 Å². The zero-order valence-corrected chi connectivity index (χ0v) is 7.78. The van der Waals surface area contributed by atoms with Crippen LogP contribution in [0.25, 0.3) is 0 Å². The molecule has 64 valence electrons. The average Bonchev–Trinajstić information content (AvgIpc) is 1.74. The first-order valence-electron chi connectivity index (χ1n) is 4.44. The third-order valence-electron chi connectivity index (χ3n) is 3.32. The van der Waals surface area contributed by atoms with Crippen molar-refractivity contribution < 1.29 is 0 Å². The lowest BCUT2D eigenvalue weighted by molar-refractivity contribution is -0.159. The van der Waals surface area contributed by atoms with Crippen LogP contribution < -0.4 is 5.32 Å². The fraction of sp³-hybridized carbons (Fsp3) is 1.00. The minimum absolute atomic E-state index is 0.579. The van der Waals surface area contributed by atoms with Gasteiger partial charge in [0.2, 0.25) is 0 Å². The molecule has 0 aromatic heterocycles. The number of hydrogen-bond acceptors (Lipinski definition) is 2. The van der Waals surface area contributed by atoms with Crippen LogP contribution in [0.1, 0.15) is 19.3 Å². The summed E-state index contributed by atoms with van der Waals surface area (Å²) >= 11 is 0. The molecule has 11 heavy (non-hydrogen) atoms. The van der Waals surface area contributed by atoms with Crippen molar-refractivity contribution >= 4 is 0 Å². The van der Waals surface area contributed by atoms with Crippen LogP contribution in [0.15, 0.2) is 0 Å². The highest BCUT2D eigenvalue weighted by Gasteiger charge is 2.66. The summed E-state index contributed by atoms with van der Waals surface area (Å²) in [5, 5.41) is 3.42. The van der Waals surface area contributed by atoms with E-state index in [0.717, 1.165) is 0 Å². The monoisotopic (exact) mass is 154 g/mol. The third-order valence-corrected chi connectivity index (χ3v) is 3.32. The van der Waals surface area contributed by atoms with Gasteiger partial charge in [-0.2, -0.15) is 0 Å². The molecule has 0 atom stereocenters. The van der Waals surface area contributed by atoms with E-state index >= 15 is 0 Å². The molecule has 0 heterocycles. The van der Waals surface area contributed by atoms with E-state index in [0.29, 0.717) is 11.0 Å². The molecule has 2 nitrogen and oxygen atoms in total. The summed E-state index contributed by atoms with van der Waals surface area (Å²) in [6, 6.07) is 0. The Bertz CT molecular complexity index is 155. The fourth-order valence-corrected chi connectivity index (χ4v) is 3.10. The van der Waals surface area contributed by atoms with Gasteiger partial charge in [0, 0.05) is 12.1 Å². The fourth-order valence-electron chi connectivity index (χ4n) is 3.10. The van der Waals surface area contributed by atoms with Gasteiger partial charge in [-0.15, -0.1) is 0 Å². The van der Waals surface area contributed by atoms with E-state index in [4.69, 9.17) is 0 Å². The van der Waals surface area contributed by atoms with Gasteiger partial charge in [0.15, 0.2) is 0 Å². The van der Waals surface area contributed by atoms with Crippen LogP contribution in [0.2, 0.25) is 0 Å². The summed E-state index contributed by atoms with van der Waals surface area (Å²) in [6.45, 7) is 1.29. The van der Waals surface area contributed by atoms with Gasteiger partial charge in [0.05, 0.1) is 0 Å². The number of nitrogens with one attached hydrogen (secondary N) is 1. The van der Waals surface area contributed by atoms with Crippen LogP contribution in [-0.4, -0.2) is 38.1 Å². The van der Waals surface area contributed by atoms with Crippen molar-refractivity contribution in [3.8, 4) is 0 Å². The standard InChI is InChI=1S/C9H18N2/c1-10-9-4-8(5-9,6-9)7-11(2)3/h10H,4-7H2,1-3H3. The maximum atomic E-state index is 3.42. The SMILES string of the molecule is CNC12CC(CN(C)C)(C1)C2. The van der Waals surface area contributed by atoms with Gasteiger partial charge < -0.3 is 10.2 Å². The summed E-state index contributed by atoms with van der Waals surface area (Å²) in [7, 11) is 6.44. The first-order valence-corrected chi connectivity index (χ1v) is 4.44. The van der Waals surface area contributed by atoms with E-state index in [-0.39, 0.29) is 0 Å². The quantitative estimate of drug-likeness (QED) is 0.643. The molecule has 0 spiro atoms. The molecule has 3 saturated carbocycles. The van der Waals surface area contributed by atoms with Crippen molar-refractivity contribution in [1.29, 1.82) is 0 Å².